The molecule has 1 aliphatic rings. The summed E-state index contributed by atoms with van der Waals surface area (Å²) in [5.74, 6) is -0.148. The van der Waals surface area contributed by atoms with Crippen LogP contribution in [-0.2, 0) is 4.79 Å². The SMILES string of the molecule is Cc1ccc(C(NC(=O)C(C)C2CNC2)c2ccc(F)cc2Cl)cc1.Cl. The maximum atomic E-state index is 13.4. The Labute approximate surface area is 164 Å². The highest BCUT2D eigenvalue weighted by Crippen LogP contribution is 2.30. The van der Waals surface area contributed by atoms with E-state index in [1.165, 1.54) is 12.1 Å². The molecule has 1 saturated heterocycles. The highest BCUT2D eigenvalue weighted by atomic mass is 35.5. The van der Waals surface area contributed by atoms with Crippen molar-refractivity contribution in [2.45, 2.75) is 19.9 Å². The van der Waals surface area contributed by atoms with Gasteiger partial charge in [-0.05, 0) is 49.2 Å². The van der Waals surface area contributed by atoms with Crippen molar-refractivity contribution in [2.24, 2.45) is 11.8 Å². The molecule has 0 radical (unpaired) electrons. The molecule has 2 aromatic rings. The normalized spacial score (nSPS) is 16.2. The molecule has 0 bridgehead atoms. The van der Waals surface area contributed by atoms with Gasteiger partial charge in [0.15, 0.2) is 0 Å². The molecule has 26 heavy (non-hydrogen) atoms. The lowest BCUT2D eigenvalue weighted by Gasteiger charge is -2.33. The van der Waals surface area contributed by atoms with Crippen molar-refractivity contribution in [2.75, 3.05) is 13.1 Å². The number of hydrogen-bond acceptors (Lipinski definition) is 2. The number of aryl methyl sites for hydroxylation is 1. The zero-order valence-electron chi connectivity index (χ0n) is 14.8. The zero-order chi connectivity index (χ0) is 18.0. The lowest BCUT2D eigenvalue weighted by Crippen LogP contribution is -2.50. The second-order valence-electron chi connectivity index (χ2n) is 6.73. The third kappa shape index (κ3) is 4.56. The van der Waals surface area contributed by atoms with Crippen molar-refractivity contribution in [3.8, 4) is 0 Å². The van der Waals surface area contributed by atoms with Crippen molar-refractivity contribution in [3.63, 3.8) is 0 Å². The number of benzene rings is 2. The van der Waals surface area contributed by atoms with Crippen molar-refractivity contribution in [1.29, 1.82) is 0 Å². The van der Waals surface area contributed by atoms with E-state index in [0.29, 0.717) is 16.5 Å². The van der Waals surface area contributed by atoms with Gasteiger partial charge in [-0.2, -0.15) is 0 Å². The molecule has 2 N–H and O–H groups in total. The molecule has 1 heterocycles. The van der Waals surface area contributed by atoms with Gasteiger partial charge in [-0.15, -0.1) is 12.4 Å². The molecular weight excluding hydrogens is 374 g/mol. The number of carbonyl (C=O) groups excluding carboxylic acids is 1. The molecule has 140 valence electrons. The van der Waals surface area contributed by atoms with Crippen molar-refractivity contribution < 1.29 is 9.18 Å². The third-order valence-corrected chi connectivity index (χ3v) is 5.23. The van der Waals surface area contributed by atoms with Crippen LogP contribution in [-0.4, -0.2) is 19.0 Å². The second kappa shape index (κ2) is 8.85. The Balaban J connectivity index is 0.00000243. The minimum atomic E-state index is -0.406. The summed E-state index contributed by atoms with van der Waals surface area (Å²) in [5.41, 5.74) is 2.75. The molecule has 0 spiro atoms. The average molecular weight is 397 g/mol. The topological polar surface area (TPSA) is 41.1 Å². The first-order chi connectivity index (χ1) is 12.0. The van der Waals surface area contributed by atoms with Crippen LogP contribution in [0.1, 0.15) is 29.7 Å². The fourth-order valence-electron chi connectivity index (χ4n) is 2.99. The van der Waals surface area contributed by atoms with E-state index in [9.17, 15) is 9.18 Å². The minimum absolute atomic E-state index is 0. The van der Waals surface area contributed by atoms with Crippen LogP contribution in [0, 0.1) is 24.6 Å². The van der Waals surface area contributed by atoms with Gasteiger partial charge in [-0.1, -0.05) is 54.4 Å². The average Bonchev–Trinajstić information content (AvgIpc) is 2.52. The molecular formula is C20H23Cl2FN2O. The molecule has 2 unspecified atom stereocenters. The van der Waals surface area contributed by atoms with Gasteiger partial charge in [0, 0.05) is 10.9 Å². The first-order valence-corrected chi connectivity index (χ1v) is 8.86. The molecule has 3 rings (SSSR count). The summed E-state index contributed by atoms with van der Waals surface area (Å²) in [4.78, 5) is 12.7. The number of hydrogen-bond donors (Lipinski definition) is 2. The van der Waals surface area contributed by atoms with E-state index in [1.54, 1.807) is 6.07 Å². The summed E-state index contributed by atoms with van der Waals surface area (Å²) in [5, 5.41) is 6.61. The molecule has 0 aromatic heterocycles. The van der Waals surface area contributed by atoms with Gasteiger partial charge in [-0.3, -0.25) is 4.79 Å². The van der Waals surface area contributed by atoms with Crippen LogP contribution >= 0.6 is 24.0 Å². The predicted molar refractivity (Wildman–Crippen MR) is 105 cm³/mol. The molecule has 1 amide bonds. The highest BCUT2D eigenvalue weighted by Gasteiger charge is 2.30. The van der Waals surface area contributed by atoms with Gasteiger partial charge in [0.25, 0.3) is 0 Å². The summed E-state index contributed by atoms with van der Waals surface area (Å²) >= 11 is 6.27. The Morgan fingerprint density at radius 2 is 1.88 bits per heavy atom. The number of rotatable bonds is 5. The Morgan fingerprint density at radius 3 is 2.42 bits per heavy atom. The summed E-state index contributed by atoms with van der Waals surface area (Å²) in [6.45, 7) is 5.68. The van der Waals surface area contributed by atoms with Crippen LogP contribution in [0.3, 0.4) is 0 Å². The van der Waals surface area contributed by atoms with E-state index >= 15 is 0 Å². The lowest BCUT2D eigenvalue weighted by molar-refractivity contribution is -0.127. The molecule has 2 atom stereocenters. The monoisotopic (exact) mass is 396 g/mol. The second-order valence-corrected chi connectivity index (χ2v) is 7.13. The van der Waals surface area contributed by atoms with Crippen molar-refractivity contribution in [3.05, 3.63) is 70.0 Å². The van der Waals surface area contributed by atoms with Gasteiger partial charge >= 0.3 is 0 Å². The van der Waals surface area contributed by atoms with E-state index in [1.807, 2.05) is 38.1 Å². The molecule has 0 saturated carbocycles. The van der Waals surface area contributed by atoms with E-state index in [2.05, 4.69) is 10.6 Å². The van der Waals surface area contributed by atoms with Gasteiger partial charge in [-0.25, -0.2) is 4.39 Å². The highest BCUT2D eigenvalue weighted by molar-refractivity contribution is 6.31. The predicted octanol–water partition coefficient (Wildman–Crippen LogP) is 4.27. The van der Waals surface area contributed by atoms with E-state index < -0.39 is 11.9 Å². The van der Waals surface area contributed by atoms with E-state index in [0.717, 1.165) is 24.2 Å². The van der Waals surface area contributed by atoms with Crippen LogP contribution in [0.4, 0.5) is 4.39 Å². The summed E-state index contributed by atoms with van der Waals surface area (Å²) in [6.07, 6.45) is 0. The third-order valence-electron chi connectivity index (χ3n) is 4.90. The van der Waals surface area contributed by atoms with Gasteiger partial charge in [0.05, 0.1) is 6.04 Å². The molecule has 6 heteroatoms. The van der Waals surface area contributed by atoms with Crippen molar-refractivity contribution in [1.82, 2.24) is 10.6 Å². The number of nitrogens with one attached hydrogen (secondary N) is 2. The first kappa shape index (κ1) is 20.7. The van der Waals surface area contributed by atoms with Crippen LogP contribution in [0.15, 0.2) is 42.5 Å². The summed E-state index contributed by atoms with van der Waals surface area (Å²) in [7, 11) is 0. The van der Waals surface area contributed by atoms with Gasteiger partial charge < -0.3 is 10.6 Å². The van der Waals surface area contributed by atoms with E-state index in [-0.39, 0.29) is 24.2 Å². The lowest BCUT2D eigenvalue weighted by atomic mass is 9.87. The number of amides is 1. The molecule has 2 aromatic carbocycles. The summed E-state index contributed by atoms with van der Waals surface area (Å²) < 4.78 is 13.4. The van der Waals surface area contributed by atoms with Gasteiger partial charge in [0.1, 0.15) is 5.82 Å². The van der Waals surface area contributed by atoms with Crippen LogP contribution in [0.25, 0.3) is 0 Å². The van der Waals surface area contributed by atoms with Crippen LogP contribution in [0.5, 0.6) is 0 Å². The quantitative estimate of drug-likeness (QED) is 0.791. The Kier molecular flexibility index (Phi) is 7.04. The molecule has 1 aliphatic heterocycles. The standard InChI is InChI=1S/C20H22ClFN2O.ClH/c1-12-3-5-14(6-4-12)19(17-8-7-16(22)9-18(17)21)24-20(25)13(2)15-10-23-11-15;/h3-9,13,15,19,23H,10-11H2,1-2H3,(H,24,25);1H. The molecule has 3 nitrogen and oxygen atoms in total. The van der Waals surface area contributed by atoms with Crippen LogP contribution < -0.4 is 10.6 Å². The Hall–Kier alpha value is -1.62. The largest absolute Gasteiger partial charge is 0.345 e. The first-order valence-electron chi connectivity index (χ1n) is 8.48. The smallest absolute Gasteiger partial charge is 0.223 e. The Bertz CT molecular complexity index is 763. The number of carbonyl (C=O) groups is 1. The Morgan fingerprint density at radius 1 is 1.23 bits per heavy atom. The zero-order valence-corrected chi connectivity index (χ0v) is 16.3. The van der Waals surface area contributed by atoms with Crippen LogP contribution in [0.2, 0.25) is 5.02 Å². The molecule has 0 aliphatic carbocycles. The van der Waals surface area contributed by atoms with E-state index in [4.69, 9.17) is 11.6 Å². The van der Waals surface area contributed by atoms with Crippen molar-refractivity contribution >= 4 is 29.9 Å². The fourth-order valence-corrected chi connectivity index (χ4v) is 3.26. The van der Waals surface area contributed by atoms with Gasteiger partial charge in [0.2, 0.25) is 5.91 Å². The fraction of sp³-hybridized carbons (Fsp3) is 0.350. The number of halogens is 3. The maximum Gasteiger partial charge on any atom is 0.223 e. The minimum Gasteiger partial charge on any atom is -0.345 e. The molecule has 1 fully saturated rings. The summed E-state index contributed by atoms with van der Waals surface area (Å²) in [6, 6.07) is 11.8. The maximum absolute atomic E-state index is 13.4.